The average molecular weight is 359 g/mol. The standard InChI is InChI=1S/C23H21NO3/c1-12-8-9-17(27-12)19-18-15(10-23(2,3)11-16(18)25)24-21-13-6-4-5-7-14(13)22(26)20(19)21/h4-9,19,24H,10-11H2,1-3H3. The summed E-state index contributed by atoms with van der Waals surface area (Å²) in [6.45, 7) is 6.10. The molecule has 1 N–H and O–H groups in total. The van der Waals surface area contributed by atoms with Crippen molar-refractivity contribution < 1.29 is 14.0 Å². The molecule has 0 spiro atoms. The number of dihydropyridines is 1. The number of hydrogen-bond donors (Lipinski definition) is 1. The Morgan fingerprint density at radius 3 is 2.44 bits per heavy atom. The van der Waals surface area contributed by atoms with Crippen LogP contribution in [0.2, 0.25) is 0 Å². The fourth-order valence-corrected chi connectivity index (χ4v) is 4.68. The second kappa shape index (κ2) is 5.32. The van der Waals surface area contributed by atoms with Crippen molar-refractivity contribution in [3.8, 4) is 0 Å². The fraction of sp³-hybridized carbons (Fsp3) is 0.304. The second-order valence-corrected chi connectivity index (χ2v) is 8.50. The van der Waals surface area contributed by atoms with Crippen molar-refractivity contribution in [2.24, 2.45) is 5.41 Å². The van der Waals surface area contributed by atoms with Gasteiger partial charge in [-0.1, -0.05) is 38.1 Å². The number of carbonyl (C=O) groups excluding carboxylic acids is 2. The predicted molar refractivity (Wildman–Crippen MR) is 102 cm³/mol. The van der Waals surface area contributed by atoms with Crippen LogP contribution in [0, 0.1) is 12.3 Å². The molecule has 4 heteroatoms. The molecule has 1 unspecified atom stereocenters. The topological polar surface area (TPSA) is 59.3 Å². The number of rotatable bonds is 1. The van der Waals surface area contributed by atoms with Crippen LogP contribution in [-0.2, 0) is 4.79 Å². The molecule has 1 atom stereocenters. The largest absolute Gasteiger partial charge is 0.465 e. The zero-order valence-electron chi connectivity index (χ0n) is 15.7. The summed E-state index contributed by atoms with van der Waals surface area (Å²) in [5.74, 6) is 1.09. The lowest BCUT2D eigenvalue weighted by molar-refractivity contribution is -0.118. The predicted octanol–water partition coefficient (Wildman–Crippen LogP) is 4.53. The minimum Gasteiger partial charge on any atom is -0.465 e. The summed E-state index contributed by atoms with van der Waals surface area (Å²) in [5.41, 5.74) is 4.59. The van der Waals surface area contributed by atoms with Crippen LogP contribution in [0.25, 0.3) is 5.70 Å². The van der Waals surface area contributed by atoms with E-state index in [-0.39, 0.29) is 17.0 Å². The van der Waals surface area contributed by atoms with Crippen molar-refractivity contribution in [2.45, 2.75) is 39.5 Å². The summed E-state index contributed by atoms with van der Waals surface area (Å²) >= 11 is 0. The number of allylic oxidation sites excluding steroid dienone is 3. The highest BCUT2D eigenvalue weighted by atomic mass is 16.3. The first-order chi connectivity index (χ1) is 12.9. The minimum atomic E-state index is -0.437. The molecule has 5 rings (SSSR count). The smallest absolute Gasteiger partial charge is 0.192 e. The van der Waals surface area contributed by atoms with Gasteiger partial charge in [0.15, 0.2) is 11.6 Å². The molecule has 2 heterocycles. The minimum absolute atomic E-state index is 0.0173. The van der Waals surface area contributed by atoms with Gasteiger partial charge in [0.05, 0.1) is 11.6 Å². The Morgan fingerprint density at radius 2 is 1.74 bits per heavy atom. The first kappa shape index (κ1) is 16.3. The Morgan fingerprint density at radius 1 is 1.00 bits per heavy atom. The number of carbonyl (C=O) groups is 2. The van der Waals surface area contributed by atoms with Crippen LogP contribution < -0.4 is 5.32 Å². The van der Waals surface area contributed by atoms with Gasteiger partial charge in [0.25, 0.3) is 0 Å². The monoisotopic (exact) mass is 359 g/mol. The number of furan rings is 1. The van der Waals surface area contributed by atoms with E-state index in [1.165, 1.54) is 0 Å². The Kier molecular flexibility index (Phi) is 3.21. The van der Waals surface area contributed by atoms with Crippen LogP contribution in [0.15, 0.2) is 57.7 Å². The molecular weight excluding hydrogens is 338 g/mol. The van der Waals surface area contributed by atoms with Gasteiger partial charge in [-0.25, -0.2) is 0 Å². The molecule has 1 aliphatic heterocycles. The lowest BCUT2D eigenvalue weighted by atomic mass is 9.69. The zero-order chi connectivity index (χ0) is 18.9. The van der Waals surface area contributed by atoms with E-state index in [0.29, 0.717) is 28.9 Å². The summed E-state index contributed by atoms with van der Waals surface area (Å²) in [6.07, 6.45) is 1.25. The van der Waals surface area contributed by atoms with Gasteiger partial charge < -0.3 is 9.73 Å². The Labute approximate surface area is 158 Å². The molecule has 3 aliphatic rings. The van der Waals surface area contributed by atoms with E-state index in [0.717, 1.165) is 29.1 Å². The molecule has 0 fully saturated rings. The SMILES string of the molecule is Cc1ccc(C2C3=C(CC(C)(C)CC3=O)NC3=C2C(=O)c2ccccc23)o1. The number of aryl methyl sites for hydroxylation is 1. The number of ketones is 2. The van der Waals surface area contributed by atoms with E-state index in [4.69, 9.17) is 4.42 Å². The molecule has 0 saturated carbocycles. The normalized spacial score (nSPS) is 23.1. The van der Waals surface area contributed by atoms with Gasteiger partial charge in [0, 0.05) is 34.4 Å². The molecule has 0 radical (unpaired) electrons. The molecular formula is C23H21NO3. The fourth-order valence-electron chi connectivity index (χ4n) is 4.68. The maximum Gasteiger partial charge on any atom is 0.192 e. The molecule has 4 nitrogen and oxygen atoms in total. The first-order valence-corrected chi connectivity index (χ1v) is 9.33. The van der Waals surface area contributed by atoms with Crippen LogP contribution >= 0.6 is 0 Å². The van der Waals surface area contributed by atoms with Crippen LogP contribution in [0.4, 0.5) is 0 Å². The van der Waals surface area contributed by atoms with Crippen LogP contribution in [0.3, 0.4) is 0 Å². The third kappa shape index (κ3) is 2.29. The van der Waals surface area contributed by atoms with Crippen molar-refractivity contribution in [1.29, 1.82) is 0 Å². The maximum absolute atomic E-state index is 13.3. The Bertz CT molecular complexity index is 1080. The van der Waals surface area contributed by atoms with Gasteiger partial charge in [-0.2, -0.15) is 0 Å². The van der Waals surface area contributed by atoms with Gasteiger partial charge in [-0.3, -0.25) is 9.59 Å². The van der Waals surface area contributed by atoms with E-state index >= 15 is 0 Å². The summed E-state index contributed by atoms with van der Waals surface area (Å²) in [7, 11) is 0. The van der Waals surface area contributed by atoms with Crippen LogP contribution in [0.1, 0.15) is 60.0 Å². The number of fused-ring (bicyclic) bond motifs is 2. The summed E-state index contributed by atoms with van der Waals surface area (Å²) in [4.78, 5) is 26.4. The number of nitrogens with one attached hydrogen (secondary N) is 1. The van der Waals surface area contributed by atoms with Gasteiger partial charge >= 0.3 is 0 Å². The summed E-state index contributed by atoms with van der Waals surface area (Å²) in [6, 6.07) is 11.4. The van der Waals surface area contributed by atoms with E-state index in [2.05, 4.69) is 19.2 Å². The maximum atomic E-state index is 13.3. The van der Waals surface area contributed by atoms with Gasteiger partial charge in [-0.05, 0) is 30.9 Å². The Hall–Kier alpha value is -2.88. The molecule has 136 valence electrons. The van der Waals surface area contributed by atoms with E-state index in [1.807, 2.05) is 43.3 Å². The third-order valence-electron chi connectivity index (χ3n) is 5.77. The van der Waals surface area contributed by atoms with Gasteiger partial charge in [0.2, 0.25) is 0 Å². The molecule has 1 aromatic carbocycles. The highest BCUT2D eigenvalue weighted by Crippen LogP contribution is 2.51. The molecule has 0 bridgehead atoms. The zero-order valence-corrected chi connectivity index (χ0v) is 15.7. The van der Waals surface area contributed by atoms with Crippen molar-refractivity contribution in [1.82, 2.24) is 5.32 Å². The number of Topliss-reactive ketones (excluding diaryl/α,β-unsaturated/α-hetero) is 2. The first-order valence-electron chi connectivity index (χ1n) is 9.33. The van der Waals surface area contributed by atoms with Crippen LogP contribution in [-0.4, -0.2) is 11.6 Å². The molecule has 0 saturated heterocycles. The average Bonchev–Trinajstić information content (AvgIpc) is 3.15. The third-order valence-corrected chi connectivity index (χ3v) is 5.77. The Balaban J connectivity index is 1.75. The lowest BCUT2D eigenvalue weighted by Gasteiger charge is -2.38. The van der Waals surface area contributed by atoms with Gasteiger partial charge in [-0.15, -0.1) is 0 Å². The van der Waals surface area contributed by atoms with Crippen molar-refractivity contribution in [2.75, 3.05) is 0 Å². The highest BCUT2D eigenvalue weighted by Gasteiger charge is 2.47. The quantitative estimate of drug-likeness (QED) is 0.813. The molecule has 0 amide bonds. The van der Waals surface area contributed by atoms with Crippen molar-refractivity contribution in [3.63, 3.8) is 0 Å². The van der Waals surface area contributed by atoms with E-state index < -0.39 is 5.92 Å². The van der Waals surface area contributed by atoms with Crippen molar-refractivity contribution >= 4 is 17.3 Å². The van der Waals surface area contributed by atoms with Crippen molar-refractivity contribution in [3.05, 3.63) is 75.9 Å². The summed E-state index contributed by atoms with van der Waals surface area (Å²) in [5, 5.41) is 3.47. The van der Waals surface area contributed by atoms with E-state index in [9.17, 15) is 9.59 Å². The van der Waals surface area contributed by atoms with Gasteiger partial charge in [0.1, 0.15) is 11.5 Å². The van der Waals surface area contributed by atoms with E-state index in [1.54, 1.807) is 0 Å². The molecule has 2 aromatic rings. The number of hydrogen-bond acceptors (Lipinski definition) is 4. The lowest BCUT2D eigenvalue weighted by Crippen LogP contribution is -2.37. The number of benzene rings is 1. The molecule has 1 aromatic heterocycles. The molecule has 27 heavy (non-hydrogen) atoms. The molecule has 2 aliphatic carbocycles. The highest BCUT2D eigenvalue weighted by molar-refractivity contribution is 6.23. The second-order valence-electron chi connectivity index (χ2n) is 8.50. The van der Waals surface area contributed by atoms with Crippen LogP contribution in [0.5, 0.6) is 0 Å². The summed E-state index contributed by atoms with van der Waals surface area (Å²) < 4.78 is 5.93.